The topological polar surface area (TPSA) is 23.8 Å². The molecule has 2 fully saturated rings. The van der Waals surface area contributed by atoms with Crippen molar-refractivity contribution >= 4 is 0 Å². The van der Waals surface area contributed by atoms with Crippen molar-refractivity contribution < 1.29 is 4.39 Å². The second-order valence-electron chi connectivity index (χ2n) is 10.3. The number of nitrogens with zero attached hydrogens (tertiary/aromatic N) is 1. The van der Waals surface area contributed by atoms with Crippen LogP contribution >= 0.6 is 0 Å². The molecule has 0 aromatic heterocycles. The summed E-state index contributed by atoms with van der Waals surface area (Å²) >= 11 is 0. The van der Waals surface area contributed by atoms with Crippen LogP contribution in [0.25, 0.3) is 0 Å². The molecule has 31 heavy (non-hydrogen) atoms. The van der Waals surface area contributed by atoms with Gasteiger partial charge in [-0.15, -0.1) is 0 Å². The van der Waals surface area contributed by atoms with Crippen molar-refractivity contribution in [1.82, 2.24) is 0 Å². The van der Waals surface area contributed by atoms with Gasteiger partial charge < -0.3 is 0 Å². The van der Waals surface area contributed by atoms with Gasteiger partial charge in [-0.1, -0.05) is 76.1 Å². The summed E-state index contributed by atoms with van der Waals surface area (Å²) in [7, 11) is 0. The zero-order valence-corrected chi connectivity index (χ0v) is 19.6. The molecule has 0 spiro atoms. The summed E-state index contributed by atoms with van der Waals surface area (Å²) in [5, 5.41) is 8.49. The van der Waals surface area contributed by atoms with E-state index in [9.17, 15) is 4.39 Å². The van der Waals surface area contributed by atoms with Crippen molar-refractivity contribution in [2.24, 2.45) is 17.8 Å². The Balaban J connectivity index is 1.30. The zero-order chi connectivity index (χ0) is 21.9. The highest BCUT2D eigenvalue weighted by Gasteiger charge is 2.25. The Labute approximate surface area is 190 Å². The van der Waals surface area contributed by atoms with Gasteiger partial charge in [0.2, 0.25) is 0 Å². The lowest BCUT2D eigenvalue weighted by Gasteiger charge is -2.32. The third kappa shape index (κ3) is 8.10. The fourth-order valence-electron chi connectivity index (χ4n) is 5.89. The zero-order valence-electron chi connectivity index (χ0n) is 19.6. The molecule has 170 valence electrons. The molecule has 0 N–H and O–H groups in total. The Hall–Kier alpha value is -1.62. The number of rotatable bonds is 10. The van der Waals surface area contributed by atoms with Crippen molar-refractivity contribution in [3.63, 3.8) is 0 Å². The van der Waals surface area contributed by atoms with E-state index in [0.717, 1.165) is 36.5 Å². The molecule has 1 aromatic rings. The maximum atomic E-state index is 12.9. The fourth-order valence-corrected chi connectivity index (χ4v) is 5.89. The lowest BCUT2D eigenvalue weighted by atomic mass is 9.74. The Morgan fingerprint density at radius 2 is 1.45 bits per heavy atom. The molecule has 2 aliphatic rings. The van der Waals surface area contributed by atoms with E-state index in [4.69, 9.17) is 5.26 Å². The first kappa shape index (κ1) is 24.0. The monoisotopic (exact) mass is 423 g/mol. The summed E-state index contributed by atoms with van der Waals surface area (Å²) in [5.41, 5.74) is 3.07. The molecular weight excluding hydrogens is 381 g/mol. The molecule has 0 bridgehead atoms. The van der Waals surface area contributed by atoms with Crippen LogP contribution in [0.5, 0.6) is 0 Å². The van der Waals surface area contributed by atoms with Gasteiger partial charge in [-0.25, -0.2) is 0 Å². The minimum absolute atomic E-state index is 0.618. The first-order valence-electron chi connectivity index (χ1n) is 13.0. The molecule has 0 heterocycles. The van der Waals surface area contributed by atoms with E-state index in [-0.39, 0.29) is 0 Å². The van der Waals surface area contributed by atoms with E-state index in [2.05, 4.69) is 31.2 Å². The summed E-state index contributed by atoms with van der Waals surface area (Å²) in [6.07, 6.45) is 20.7. The Kier molecular flexibility index (Phi) is 10.1. The SMILES string of the molecule is CCCCc1ccc([C@H]2CC[C@H](CC[C@H]3CC[C@H](CCC=C(F)C#N)CC3)CC2)cc1. The van der Waals surface area contributed by atoms with Crippen molar-refractivity contribution in [3.8, 4) is 6.07 Å². The molecule has 0 aliphatic heterocycles. The summed E-state index contributed by atoms with van der Waals surface area (Å²) in [5.74, 6) is 2.76. The number of halogens is 1. The van der Waals surface area contributed by atoms with Crippen LogP contribution in [0.4, 0.5) is 4.39 Å². The molecule has 2 saturated carbocycles. The smallest absolute Gasteiger partial charge is 0.195 e. The second kappa shape index (κ2) is 13.0. The standard InChI is InChI=1S/C29H42FN/c1-2-3-5-23-14-18-27(19-15-23)28-20-16-26(17-21-28)13-12-25-10-8-24(9-11-25)6-4-7-29(30)22-31/h7,14-15,18-19,24-26,28H,2-6,8-13,16-17,20-21H2,1H3/t24-,25-,26-,28-. The Bertz CT molecular complexity index is 697. The molecule has 0 atom stereocenters. The third-order valence-corrected chi connectivity index (χ3v) is 8.07. The van der Waals surface area contributed by atoms with Crippen LogP contribution in [-0.4, -0.2) is 0 Å². The number of allylic oxidation sites excluding steroid dienone is 2. The van der Waals surface area contributed by atoms with Crippen molar-refractivity contribution in [2.75, 3.05) is 0 Å². The van der Waals surface area contributed by atoms with E-state index < -0.39 is 5.83 Å². The molecule has 3 rings (SSSR count). The molecule has 1 aromatic carbocycles. The van der Waals surface area contributed by atoms with E-state index in [1.807, 2.05) is 0 Å². The van der Waals surface area contributed by atoms with Gasteiger partial charge in [0, 0.05) is 0 Å². The van der Waals surface area contributed by atoms with Gasteiger partial charge in [-0.2, -0.15) is 9.65 Å². The average Bonchev–Trinajstić information content (AvgIpc) is 2.83. The van der Waals surface area contributed by atoms with Crippen molar-refractivity contribution in [1.29, 1.82) is 5.26 Å². The number of hydrogen-bond acceptors (Lipinski definition) is 1. The maximum Gasteiger partial charge on any atom is 0.196 e. The molecule has 0 amide bonds. The number of nitriles is 1. The van der Waals surface area contributed by atoms with Crippen LogP contribution in [0.3, 0.4) is 0 Å². The van der Waals surface area contributed by atoms with E-state index in [1.54, 1.807) is 11.6 Å². The summed E-state index contributed by atoms with van der Waals surface area (Å²) < 4.78 is 12.9. The average molecular weight is 424 g/mol. The number of hydrogen-bond donors (Lipinski definition) is 0. The van der Waals surface area contributed by atoms with Crippen LogP contribution in [-0.2, 0) is 6.42 Å². The number of aryl methyl sites for hydroxylation is 1. The molecule has 0 radical (unpaired) electrons. The summed E-state index contributed by atoms with van der Waals surface area (Å²) in [4.78, 5) is 0. The molecule has 2 aliphatic carbocycles. The van der Waals surface area contributed by atoms with Gasteiger partial charge in [0.1, 0.15) is 6.07 Å². The first-order chi connectivity index (χ1) is 15.2. The van der Waals surface area contributed by atoms with Crippen LogP contribution in [0.1, 0.15) is 114 Å². The molecule has 0 saturated heterocycles. The minimum atomic E-state index is -0.618. The van der Waals surface area contributed by atoms with Gasteiger partial charge >= 0.3 is 0 Å². The van der Waals surface area contributed by atoms with Crippen LogP contribution in [0, 0.1) is 29.1 Å². The quantitative estimate of drug-likeness (QED) is 0.344. The lowest BCUT2D eigenvalue weighted by molar-refractivity contribution is 0.225. The first-order valence-corrected chi connectivity index (χ1v) is 13.0. The van der Waals surface area contributed by atoms with Crippen LogP contribution in [0.2, 0.25) is 0 Å². The number of unbranched alkanes of at least 4 members (excludes halogenated alkanes) is 1. The maximum absolute atomic E-state index is 12.9. The third-order valence-electron chi connectivity index (χ3n) is 8.07. The van der Waals surface area contributed by atoms with Gasteiger partial charge in [0.15, 0.2) is 5.83 Å². The van der Waals surface area contributed by atoms with E-state index in [1.165, 1.54) is 95.1 Å². The van der Waals surface area contributed by atoms with Gasteiger partial charge in [-0.3, -0.25) is 0 Å². The largest absolute Gasteiger partial charge is 0.196 e. The van der Waals surface area contributed by atoms with E-state index >= 15 is 0 Å². The molecule has 0 unspecified atom stereocenters. The second-order valence-corrected chi connectivity index (χ2v) is 10.3. The van der Waals surface area contributed by atoms with Crippen molar-refractivity contribution in [2.45, 2.75) is 109 Å². The summed E-state index contributed by atoms with van der Waals surface area (Å²) in [6, 6.07) is 11.1. The molecule has 2 heteroatoms. The Morgan fingerprint density at radius 1 is 0.903 bits per heavy atom. The molecule has 1 nitrogen and oxygen atoms in total. The van der Waals surface area contributed by atoms with Crippen LogP contribution < -0.4 is 0 Å². The Morgan fingerprint density at radius 3 is 2.00 bits per heavy atom. The highest BCUT2D eigenvalue weighted by molar-refractivity contribution is 5.26. The minimum Gasteiger partial charge on any atom is -0.195 e. The lowest BCUT2D eigenvalue weighted by Crippen LogP contribution is -2.17. The van der Waals surface area contributed by atoms with Crippen LogP contribution in [0.15, 0.2) is 36.2 Å². The normalized spacial score (nSPS) is 27.1. The highest BCUT2D eigenvalue weighted by atomic mass is 19.1. The van der Waals surface area contributed by atoms with Crippen molar-refractivity contribution in [3.05, 3.63) is 47.3 Å². The van der Waals surface area contributed by atoms with Gasteiger partial charge in [-0.05, 0) is 92.2 Å². The number of benzene rings is 1. The molecular formula is C29H42FN. The fraction of sp³-hybridized carbons (Fsp3) is 0.690. The van der Waals surface area contributed by atoms with Gasteiger partial charge in [0.25, 0.3) is 0 Å². The predicted octanol–water partition coefficient (Wildman–Crippen LogP) is 9.05. The highest BCUT2D eigenvalue weighted by Crippen LogP contribution is 2.40. The predicted molar refractivity (Wildman–Crippen MR) is 128 cm³/mol. The summed E-state index contributed by atoms with van der Waals surface area (Å²) in [6.45, 7) is 2.26. The van der Waals surface area contributed by atoms with Gasteiger partial charge in [0.05, 0.1) is 0 Å². The van der Waals surface area contributed by atoms with E-state index in [0.29, 0.717) is 0 Å².